The van der Waals surface area contributed by atoms with Crippen molar-refractivity contribution in [2.45, 2.75) is 0 Å². The van der Waals surface area contributed by atoms with Gasteiger partial charge in [-0.2, -0.15) is 0 Å². The molecule has 1 N–H and O–H groups in total. The summed E-state index contributed by atoms with van der Waals surface area (Å²) in [7, 11) is 1.63. The molecular formula is C20H21ClN2O2. The second-order valence-corrected chi connectivity index (χ2v) is 6.25. The number of benzene rings is 2. The van der Waals surface area contributed by atoms with Crippen molar-refractivity contribution in [2.75, 3.05) is 33.3 Å². The van der Waals surface area contributed by atoms with Gasteiger partial charge in [0.05, 0.1) is 7.11 Å². The SMILES string of the molecule is COc1ccc(C(=CC(=O)N2CCNCC2)c2ccccc2Cl)cc1. The Hall–Kier alpha value is -2.30. The molecule has 2 aromatic rings. The third-order valence-electron chi connectivity index (χ3n) is 4.26. The minimum absolute atomic E-state index is 0.00670. The first kappa shape index (κ1) is 17.5. The van der Waals surface area contributed by atoms with E-state index in [-0.39, 0.29) is 5.91 Å². The molecule has 4 nitrogen and oxygen atoms in total. The van der Waals surface area contributed by atoms with Crippen LogP contribution in [0, 0.1) is 0 Å². The number of carbonyl (C=O) groups excluding carboxylic acids is 1. The fourth-order valence-corrected chi connectivity index (χ4v) is 3.10. The van der Waals surface area contributed by atoms with Crippen molar-refractivity contribution in [3.63, 3.8) is 0 Å². The number of halogens is 1. The Labute approximate surface area is 153 Å². The average Bonchev–Trinajstić information content (AvgIpc) is 2.67. The largest absolute Gasteiger partial charge is 0.497 e. The van der Waals surface area contributed by atoms with Crippen LogP contribution in [0.5, 0.6) is 5.75 Å². The fourth-order valence-electron chi connectivity index (χ4n) is 2.87. The number of hydrogen-bond acceptors (Lipinski definition) is 3. The zero-order chi connectivity index (χ0) is 17.6. The maximum absolute atomic E-state index is 12.7. The van der Waals surface area contributed by atoms with Gasteiger partial charge in [-0.15, -0.1) is 0 Å². The Bertz CT molecular complexity index is 766. The predicted molar refractivity (Wildman–Crippen MR) is 101 cm³/mol. The van der Waals surface area contributed by atoms with E-state index in [1.807, 2.05) is 53.4 Å². The van der Waals surface area contributed by atoms with Crippen molar-refractivity contribution in [3.8, 4) is 5.75 Å². The van der Waals surface area contributed by atoms with Crippen LogP contribution in [0.25, 0.3) is 5.57 Å². The molecule has 130 valence electrons. The van der Waals surface area contributed by atoms with E-state index < -0.39 is 0 Å². The Morgan fingerprint density at radius 2 is 1.80 bits per heavy atom. The predicted octanol–water partition coefficient (Wildman–Crippen LogP) is 3.21. The molecule has 3 rings (SSSR count). The highest BCUT2D eigenvalue weighted by Gasteiger charge is 2.17. The lowest BCUT2D eigenvalue weighted by atomic mass is 9.97. The molecule has 1 amide bonds. The van der Waals surface area contributed by atoms with Crippen LogP contribution < -0.4 is 10.1 Å². The van der Waals surface area contributed by atoms with E-state index in [4.69, 9.17) is 16.3 Å². The first-order valence-corrected chi connectivity index (χ1v) is 8.67. The number of hydrogen-bond donors (Lipinski definition) is 1. The van der Waals surface area contributed by atoms with Crippen molar-refractivity contribution in [2.24, 2.45) is 0 Å². The average molecular weight is 357 g/mol. The van der Waals surface area contributed by atoms with Crippen molar-refractivity contribution < 1.29 is 9.53 Å². The van der Waals surface area contributed by atoms with Crippen LogP contribution in [-0.4, -0.2) is 44.1 Å². The van der Waals surface area contributed by atoms with Gasteiger partial charge in [-0.05, 0) is 29.3 Å². The van der Waals surface area contributed by atoms with Crippen LogP contribution in [-0.2, 0) is 4.79 Å². The van der Waals surface area contributed by atoms with Gasteiger partial charge < -0.3 is 15.0 Å². The van der Waals surface area contributed by atoms with Gasteiger partial charge in [0.2, 0.25) is 5.91 Å². The zero-order valence-electron chi connectivity index (χ0n) is 14.2. The highest BCUT2D eigenvalue weighted by Crippen LogP contribution is 2.30. The van der Waals surface area contributed by atoms with Gasteiger partial charge in [0.1, 0.15) is 5.75 Å². The molecule has 0 radical (unpaired) electrons. The van der Waals surface area contributed by atoms with Crippen molar-refractivity contribution in [1.29, 1.82) is 0 Å². The summed E-state index contributed by atoms with van der Waals surface area (Å²) in [6.07, 6.45) is 1.69. The molecule has 1 saturated heterocycles. The number of piperazine rings is 1. The molecule has 0 bridgehead atoms. The molecule has 0 saturated carbocycles. The van der Waals surface area contributed by atoms with Gasteiger partial charge in [0.25, 0.3) is 0 Å². The third kappa shape index (κ3) is 4.21. The maximum atomic E-state index is 12.7. The normalized spacial score (nSPS) is 15.1. The van der Waals surface area contributed by atoms with E-state index in [9.17, 15) is 4.79 Å². The Kier molecular flexibility index (Phi) is 5.74. The minimum atomic E-state index is 0.00670. The number of nitrogens with one attached hydrogen (secondary N) is 1. The highest BCUT2D eigenvalue weighted by atomic mass is 35.5. The van der Waals surface area contributed by atoms with E-state index in [0.717, 1.165) is 35.5 Å². The molecule has 25 heavy (non-hydrogen) atoms. The lowest BCUT2D eigenvalue weighted by Crippen LogP contribution is -2.45. The molecule has 0 atom stereocenters. The van der Waals surface area contributed by atoms with E-state index in [1.54, 1.807) is 13.2 Å². The number of ether oxygens (including phenoxy) is 1. The van der Waals surface area contributed by atoms with E-state index in [2.05, 4.69) is 5.32 Å². The molecule has 1 aliphatic heterocycles. The molecular weight excluding hydrogens is 336 g/mol. The van der Waals surface area contributed by atoms with Crippen LogP contribution in [0.4, 0.5) is 0 Å². The zero-order valence-corrected chi connectivity index (χ0v) is 14.9. The lowest BCUT2D eigenvalue weighted by molar-refractivity contribution is -0.126. The standard InChI is InChI=1S/C20H21ClN2O2/c1-25-16-8-6-15(7-9-16)18(17-4-2-3-5-19(17)21)14-20(24)23-12-10-22-11-13-23/h2-9,14,22H,10-13H2,1H3. The molecule has 2 aromatic carbocycles. The molecule has 0 aromatic heterocycles. The van der Waals surface area contributed by atoms with E-state index in [1.165, 1.54) is 0 Å². The van der Waals surface area contributed by atoms with Gasteiger partial charge >= 0.3 is 0 Å². The fraction of sp³-hybridized carbons (Fsp3) is 0.250. The molecule has 0 unspecified atom stereocenters. The van der Waals surface area contributed by atoms with Crippen LogP contribution in [0.2, 0.25) is 5.02 Å². The van der Waals surface area contributed by atoms with E-state index in [0.29, 0.717) is 18.1 Å². The summed E-state index contributed by atoms with van der Waals surface area (Å²) in [5.74, 6) is 0.780. The van der Waals surface area contributed by atoms with Gasteiger partial charge in [-0.3, -0.25) is 4.79 Å². The molecule has 1 fully saturated rings. The summed E-state index contributed by atoms with van der Waals surface area (Å²) in [5, 5.41) is 3.88. The second-order valence-electron chi connectivity index (χ2n) is 5.84. The minimum Gasteiger partial charge on any atom is -0.497 e. The number of rotatable bonds is 4. The summed E-state index contributed by atoms with van der Waals surface area (Å²) in [6, 6.07) is 15.2. The van der Waals surface area contributed by atoms with Crippen LogP contribution in [0.15, 0.2) is 54.6 Å². The smallest absolute Gasteiger partial charge is 0.247 e. The van der Waals surface area contributed by atoms with Crippen molar-refractivity contribution in [3.05, 3.63) is 70.8 Å². The monoisotopic (exact) mass is 356 g/mol. The Balaban J connectivity index is 2.00. The first-order valence-electron chi connectivity index (χ1n) is 8.29. The number of methoxy groups -OCH3 is 1. The topological polar surface area (TPSA) is 41.6 Å². The van der Waals surface area contributed by atoms with Crippen LogP contribution in [0.1, 0.15) is 11.1 Å². The number of nitrogens with zero attached hydrogens (tertiary/aromatic N) is 1. The summed E-state index contributed by atoms with van der Waals surface area (Å²) < 4.78 is 5.23. The quantitative estimate of drug-likeness (QED) is 0.855. The lowest BCUT2D eigenvalue weighted by Gasteiger charge is -2.26. The van der Waals surface area contributed by atoms with Gasteiger partial charge in [-0.1, -0.05) is 41.9 Å². The molecule has 0 spiro atoms. The molecule has 1 aliphatic rings. The van der Waals surface area contributed by atoms with Crippen LogP contribution >= 0.6 is 11.6 Å². The molecule has 1 heterocycles. The van der Waals surface area contributed by atoms with Crippen molar-refractivity contribution in [1.82, 2.24) is 10.2 Å². The Morgan fingerprint density at radius 3 is 2.44 bits per heavy atom. The summed E-state index contributed by atoms with van der Waals surface area (Å²) >= 11 is 6.40. The van der Waals surface area contributed by atoms with Gasteiger partial charge in [0.15, 0.2) is 0 Å². The summed E-state index contributed by atoms with van der Waals surface area (Å²) in [4.78, 5) is 14.6. The number of amides is 1. The molecule has 5 heteroatoms. The van der Waals surface area contributed by atoms with E-state index >= 15 is 0 Å². The number of carbonyl (C=O) groups is 1. The molecule has 0 aliphatic carbocycles. The summed E-state index contributed by atoms with van der Waals surface area (Å²) in [5.41, 5.74) is 2.59. The van der Waals surface area contributed by atoms with Gasteiger partial charge in [0, 0.05) is 42.8 Å². The van der Waals surface area contributed by atoms with Gasteiger partial charge in [-0.25, -0.2) is 0 Å². The Morgan fingerprint density at radius 1 is 1.12 bits per heavy atom. The highest BCUT2D eigenvalue weighted by molar-refractivity contribution is 6.32. The summed E-state index contributed by atoms with van der Waals surface area (Å²) in [6.45, 7) is 3.08. The third-order valence-corrected chi connectivity index (χ3v) is 4.59. The van der Waals surface area contributed by atoms with Crippen LogP contribution in [0.3, 0.4) is 0 Å². The maximum Gasteiger partial charge on any atom is 0.247 e. The van der Waals surface area contributed by atoms with Crippen molar-refractivity contribution >= 4 is 23.1 Å². The second kappa shape index (κ2) is 8.19. The first-order chi connectivity index (χ1) is 12.2.